The number of ether oxygens (including phenoxy) is 1. The number of halogens is 1. The average molecular weight is 227 g/mol. The second-order valence-corrected chi connectivity index (χ2v) is 4.90. The number of hydrogen-bond acceptors (Lipinski definition) is 2. The molecule has 1 aromatic rings. The molecule has 0 heterocycles. The van der Waals surface area contributed by atoms with Crippen LogP contribution in [0.25, 0.3) is 0 Å². The first-order valence-electron chi connectivity index (χ1n) is 4.79. The fourth-order valence-electron chi connectivity index (χ4n) is 1.20. The van der Waals surface area contributed by atoms with Gasteiger partial charge in [0.25, 0.3) is 0 Å². The van der Waals surface area contributed by atoms with Gasteiger partial charge in [-0.05, 0) is 23.1 Å². The fraction of sp³-hybridized carbons (Fsp3) is 0.417. The first-order chi connectivity index (χ1) is 6.80. The monoisotopic (exact) mass is 226 g/mol. The Morgan fingerprint density at radius 1 is 1.33 bits per heavy atom. The molecule has 0 aliphatic carbocycles. The Hall–Kier alpha value is -1.02. The van der Waals surface area contributed by atoms with E-state index in [0.29, 0.717) is 10.8 Å². The molecule has 0 saturated heterocycles. The number of rotatable bonds is 1. The van der Waals surface area contributed by atoms with Crippen LogP contribution < -0.4 is 4.74 Å². The maximum absolute atomic E-state index is 10.8. The number of carbonyl (C=O) groups excluding carboxylic acids is 1. The van der Waals surface area contributed by atoms with Crippen LogP contribution in [0.15, 0.2) is 18.2 Å². The zero-order valence-corrected chi connectivity index (χ0v) is 10.2. The molecule has 0 spiro atoms. The van der Waals surface area contributed by atoms with Gasteiger partial charge in [0.15, 0.2) is 0 Å². The van der Waals surface area contributed by atoms with Crippen molar-refractivity contribution in [2.75, 3.05) is 0 Å². The van der Waals surface area contributed by atoms with Crippen LogP contribution in [0.2, 0.25) is 5.02 Å². The maximum atomic E-state index is 10.8. The zero-order chi connectivity index (χ0) is 11.6. The lowest BCUT2D eigenvalue weighted by atomic mass is 9.87. The normalized spacial score (nSPS) is 11.3. The quantitative estimate of drug-likeness (QED) is 0.541. The molecule has 0 bridgehead atoms. The van der Waals surface area contributed by atoms with Crippen molar-refractivity contribution in [1.82, 2.24) is 0 Å². The zero-order valence-electron chi connectivity index (χ0n) is 9.43. The molecule has 0 amide bonds. The topological polar surface area (TPSA) is 26.3 Å². The van der Waals surface area contributed by atoms with Crippen molar-refractivity contribution in [3.63, 3.8) is 0 Å². The van der Waals surface area contributed by atoms with Gasteiger partial charge in [-0.2, -0.15) is 0 Å². The highest BCUT2D eigenvalue weighted by atomic mass is 35.5. The van der Waals surface area contributed by atoms with E-state index in [0.717, 1.165) is 5.56 Å². The predicted octanol–water partition coefficient (Wildman–Crippen LogP) is 3.56. The summed E-state index contributed by atoms with van der Waals surface area (Å²) in [6.45, 7) is 7.66. The number of esters is 1. The van der Waals surface area contributed by atoms with E-state index in [-0.39, 0.29) is 11.4 Å². The molecular formula is C12H15ClO2. The van der Waals surface area contributed by atoms with Gasteiger partial charge in [0, 0.05) is 6.92 Å². The van der Waals surface area contributed by atoms with Gasteiger partial charge in [0.1, 0.15) is 5.75 Å². The average Bonchev–Trinajstić information content (AvgIpc) is 2.05. The van der Waals surface area contributed by atoms with E-state index in [2.05, 4.69) is 20.8 Å². The van der Waals surface area contributed by atoms with Gasteiger partial charge in [-0.25, -0.2) is 0 Å². The second-order valence-electron chi connectivity index (χ2n) is 4.49. The molecule has 0 N–H and O–H groups in total. The van der Waals surface area contributed by atoms with E-state index in [1.165, 1.54) is 6.92 Å². The summed E-state index contributed by atoms with van der Waals surface area (Å²) in [7, 11) is 0. The van der Waals surface area contributed by atoms with E-state index < -0.39 is 0 Å². The van der Waals surface area contributed by atoms with Crippen molar-refractivity contribution < 1.29 is 9.53 Å². The summed E-state index contributed by atoms with van der Waals surface area (Å²) in [5, 5.41) is 0.470. The summed E-state index contributed by atoms with van der Waals surface area (Å²) < 4.78 is 4.94. The van der Waals surface area contributed by atoms with Crippen molar-refractivity contribution in [2.24, 2.45) is 0 Å². The van der Waals surface area contributed by atoms with Crippen LogP contribution in [0, 0.1) is 0 Å². The van der Waals surface area contributed by atoms with Crippen molar-refractivity contribution in [3.05, 3.63) is 28.8 Å². The van der Waals surface area contributed by atoms with Crippen LogP contribution in [-0.4, -0.2) is 5.97 Å². The van der Waals surface area contributed by atoms with E-state index in [4.69, 9.17) is 16.3 Å². The van der Waals surface area contributed by atoms with Crippen LogP contribution in [-0.2, 0) is 10.2 Å². The lowest BCUT2D eigenvalue weighted by molar-refractivity contribution is -0.131. The number of hydrogen-bond donors (Lipinski definition) is 0. The van der Waals surface area contributed by atoms with Crippen LogP contribution in [0.1, 0.15) is 33.3 Å². The largest absolute Gasteiger partial charge is 0.425 e. The van der Waals surface area contributed by atoms with Gasteiger partial charge in [0.2, 0.25) is 0 Å². The highest BCUT2D eigenvalue weighted by Crippen LogP contribution is 2.31. The van der Waals surface area contributed by atoms with E-state index >= 15 is 0 Å². The summed E-state index contributed by atoms with van der Waals surface area (Å²) in [6, 6.07) is 5.48. The van der Waals surface area contributed by atoms with E-state index in [1.54, 1.807) is 6.07 Å². The van der Waals surface area contributed by atoms with Gasteiger partial charge in [-0.1, -0.05) is 38.4 Å². The second kappa shape index (κ2) is 4.23. The third-order valence-corrected chi connectivity index (χ3v) is 2.35. The summed E-state index contributed by atoms with van der Waals surface area (Å²) in [5.74, 6) is 0.0533. The minimum absolute atomic E-state index is 0.0401. The number of benzene rings is 1. The van der Waals surface area contributed by atoms with Crippen LogP contribution in [0.3, 0.4) is 0 Å². The van der Waals surface area contributed by atoms with Crippen molar-refractivity contribution in [2.45, 2.75) is 33.1 Å². The highest BCUT2D eigenvalue weighted by Gasteiger charge is 2.15. The molecule has 0 unspecified atom stereocenters. The lowest BCUT2D eigenvalue weighted by Gasteiger charge is -2.19. The molecule has 0 aliphatic rings. The highest BCUT2D eigenvalue weighted by molar-refractivity contribution is 6.32. The SMILES string of the molecule is CC(=O)Oc1ccc(C(C)(C)C)cc1Cl. The first kappa shape index (κ1) is 12.1. The van der Waals surface area contributed by atoms with E-state index in [9.17, 15) is 4.79 Å². The molecular weight excluding hydrogens is 212 g/mol. The molecule has 0 fully saturated rings. The molecule has 0 atom stereocenters. The molecule has 2 nitrogen and oxygen atoms in total. The van der Waals surface area contributed by atoms with Crippen LogP contribution >= 0.6 is 11.6 Å². The van der Waals surface area contributed by atoms with Gasteiger partial charge in [-0.3, -0.25) is 4.79 Å². The van der Waals surface area contributed by atoms with Crippen molar-refractivity contribution in [3.8, 4) is 5.75 Å². The lowest BCUT2D eigenvalue weighted by Crippen LogP contribution is -2.11. The molecule has 0 aliphatic heterocycles. The Kier molecular flexibility index (Phi) is 3.40. The Morgan fingerprint density at radius 2 is 1.93 bits per heavy atom. The Labute approximate surface area is 95.2 Å². The molecule has 15 heavy (non-hydrogen) atoms. The molecule has 0 saturated carbocycles. The minimum Gasteiger partial charge on any atom is -0.425 e. The van der Waals surface area contributed by atoms with Crippen molar-refractivity contribution >= 4 is 17.6 Å². The Morgan fingerprint density at radius 3 is 2.33 bits per heavy atom. The standard InChI is InChI=1S/C12H15ClO2/c1-8(14)15-11-6-5-9(7-10(11)13)12(2,3)4/h5-7H,1-4H3. The predicted molar refractivity (Wildman–Crippen MR) is 61.5 cm³/mol. The first-order valence-corrected chi connectivity index (χ1v) is 5.17. The maximum Gasteiger partial charge on any atom is 0.308 e. The Balaban J connectivity index is 3.03. The molecule has 0 radical (unpaired) electrons. The van der Waals surface area contributed by atoms with Crippen LogP contribution in [0.5, 0.6) is 5.75 Å². The van der Waals surface area contributed by atoms with Gasteiger partial charge in [-0.15, -0.1) is 0 Å². The van der Waals surface area contributed by atoms with Crippen molar-refractivity contribution in [1.29, 1.82) is 0 Å². The summed E-state index contributed by atoms with van der Waals surface area (Å²) >= 11 is 6.00. The molecule has 1 rings (SSSR count). The molecule has 3 heteroatoms. The smallest absolute Gasteiger partial charge is 0.308 e. The number of carbonyl (C=O) groups is 1. The summed E-state index contributed by atoms with van der Waals surface area (Å²) in [6.07, 6.45) is 0. The molecule has 0 aromatic heterocycles. The van der Waals surface area contributed by atoms with Gasteiger partial charge >= 0.3 is 5.97 Å². The summed E-state index contributed by atoms with van der Waals surface area (Å²) in [4.78, 5) is 10.8. The summed E-state index contributed by atoms with van der Waals surface area (Å²) in [5.41, 5.74) is 1.15. The minimum atomic E-state index is -0.361. The Bertz CT molecular complexity index is 378. The van der Waals surface area contributed by atoms with Crippen LogP contribution in [0.4, 0.5) is 0 Å². The molecule has 1 aromatic carbocycles. The third kappa shape index (κ3) is 3.24. The fourth-order valence-corrected chi connectivity index (χ4v) is 1.42. The van der Waals surface area contributed by atoms with Gasteiger partial charge < -0.3 is 4.74 Å². The van der Waals surface area contributed by atoms with E-state index in [1.807, 2.05) is 12.1 Å². The molecule has 82 valence electrons. The van der Waals surface area contributed by atoms with Gasteiger partial charge in [0.05, 0.1) is 5.02 Å². The third-order valence-electron chi connectivity index (χ3n) is 2.05.